The number of nitrogens with zero attached hydrogens (tertiary/aromatic N) is 5. The highest BCUT2D eigenvalue weighted by atomic mass is 32.1. The first kappa shape index (κ1) is 24.0. The molecule has 3 N–H and O–H groups in total. The SMILES string of the molecule is CCC(C)CCN(C)C(=O)c1ccc(-c2cc(=NC3CC3)n3ncc(=Cc4[nH]c(=O)[nH]c4O)c3n2)s1. The van der Waals surface area contributed by atoms with Crippen LogP contribution in [0, 0.1) is 5.92 Å². The van der Waals surface area contributed by atoms with Crippen molar-refractivity contribution in [1.82, 2.24) is 29.5 Å². The van der Waals surface area contributed by atoms with E-state index in [1.807, 2.05) is 25.2 Å². The first-order chi connectivity index (χ1) is 17.3. The number of aromatic amines is 2. The minimum absolute atomic E-state index is 0.00350. The van der Waals surface area contributed by atoms with Gasteiger partial charge in [-0.3, -0.25) is 14.8 Å². The summed E-state index contributed by atoms with van der Waals surface area (Å²) in [5, 5.41) is 15.1. The van der Waals surface area contributed by atoms with Gasteiger partial charge in [-0.25, -0.2) is 9.78 Å². The van der Waals surface area contributed by atoms with Crippen LogP contribution in [0.4, 0.5) is 0 Å². The zero-order valence-corrected chi connectivity index (χ0v) is 21.3. The van der Waals surface area contributed by atoms with Crippen molar-refractivity contribution in [1.29, 1.82) is 0 Å². The van der Waals surface area contributed by atoms with Crippen molar-refractivity contribution < 1.29 is 9.90 Å². The number of thiophene rings is 1. The molecule has 1 unspecified atom stereocenters. The van der Waals surface area contributed by atoms with Gasteiger partial charge in [0.05, 0.1) is 27.7 Å². The number of fused-ring (bicyclic) bond motifs is 1. The normalized spacial score (nSPS) is 15.6. The van der Waals surface area contributed by atoms with Crippen molar-refractivity contribution in [3.63, 3.8) is 0 Å². The molecule has 0 spiro atoms. The van der Waals surface area contributed by atoms with E-state index >= 15 is 0 Å². The number of hydrogen-bond acceptors (Lipinski definition) is 7. The molecule has 11 heteroatoms. The van der Waals surface area contributed by atoms with Crippen molar-refractivity contribution in [2.45, 2.75) is 45.6 Å². The summed E-state index contributed by atoms with van der Waals surface area (Å²) in [5.74, 6) is 0.331. The van der Waals surface area contributed by atoms with E-state index in [2.05, 4.69) is 28.9 Å². The van der Waals surface area contributed by atoms with Gasteiger partial charge < -0.3 is 15.0 Å². The molecule has 188 valence electrons. The van der Waals surface area contributed by atoms with Crippen LogP contribution >= 0.6 is 11.3 Å². The van der Waals surface area contributed by atoms with Crippen LogP contribution in [-0.2, 0) is 0 Å². The van der Waals surface area contributed by atoms with Crippen LogP contribution in [0.1, 0.15) is 54.9 Å². The summed E-state index contributed by atoms with van der Waals surface area (Å²) in [6.45, 7) is 5.08. The molecule has 4 heterocycles. The molecule has 4 aromatic rings. The molecule has 1 aliphatic carbocycles. The minimum atomic E-state index is -0.502. The van der Waals surface area contributed by atoms with Crippen LogP contribution in [0.3, 0.4) is 0 Å². The number of hydrogen-bond donors (Lipinski definition) is 3. The van der Waals surface area contributed by atoms with Crippen LogP contribution in [0.5, 0.6) is 5.88 Å². The number of aromatic hydroxyl groups is 1. The van der Waals surface area contributed by atoms with Crippen LogP contribution in [-0.4, -0.2) is 60.1 Å². The first-order valence-electron chi connectivity index (χ1n) is 12.1. The fourth-order valence-electron chi connectivity index (χ4n) is 3.82. The maximum atomic E-state index is 13.0. The quantitative estimate of drug-likeness (QED) is 0.337. The van der Waals surface area contributed by atoms with Crippen molar-refractivity contribution in [2.24, 2.45) is 10.9 Å². The topological polar surface area (TPSA) is 132 Å². The molecule has 0 saturated heterocycles. The van der Waals surface area contributed by atoms with Crippen LogP contribution in [0.15, 0.2) is 34.2 Å². The average molecular weight is 508 g/mol. The largest absolute Gasteiger partial charge is 0.493 e. The Morgan fingerprint density at radius 2 is 2.19 bits per heavy atom. The molecule has 1 aliphatic rings. The molecule has 0 aromatic carbocycles. The zero-order valence-electron chi connectivity index (χ0n) is 20.5. The number of aromatic nitrogens is 5. The van der Waals surface area contributed by atoms with Gasteiger partial charge in [0.2, 0.25) is 5.88 Å². The van der Waals surface area contributed by atoms with Gasteiger partial charge in [0, 0.05) is 24.9 Å². The number of nitrogens with one attached hydrogen (secondary N) is 2. The molecule has 0 aliphatic heterocycles. The second kappa shape index (κ2) is 9.73. The van der Waals surface area contributed by atoms with Crippen molar-refractivity contribution in [3.8, 4) is 16.5 Å². The number of H-pyrrole nitrogens is 2. The van der Waals surface area contributed by atoms with Crippen molar-refractivity contribution in [3.05, 3.63) is 56.2 Å². The highest BCUT2D eigenvalue weighted by Gasteiger charge is 2.21. The molecular weight excluding hydrogens is 478 g/mol. The fraction of sp³-hybridized carbons (Fsp3) is 0.400. The molecule has 1 amide bonds. The summed E-state index contributed by atoms with van der Waals surface area (Å²) < 4.78 is 1.66. The molecule has 5 rings (SSSR count). The molecule has 4 aromatic heterocycles. The molecular formula is C25H29N7O3S. The highest BCUT2D eigenvalue weighted by Crippen LogP contribution is 2.28. The second-order valence-corrected chi connectivity index (χ2v) is 10.5. The third kappa shape index (κ3) is 4.97. The van der Waals surface area contributed by atoms with E-state index in [9.17, 15) is 14.7 Å². The maximum Gasteiger partial charge on any atom is 0.326 e. The smallest absolute Gasteiger partial charge is 0.326 e. The van der Waals surface area contributed by atoms with Gasteiger partial charge in [0.1, 0.15) is 5.69 Å². The molecule has 0 bridgehead atoms. The van der Waals surface area contributed by atoms with Crippen molar-refractivity contribution in [2.75, 3.05) is 13.6 Å². The Balaban J connectivity index is 1.53. The lowest BCUT2D eigenvalue weighted by atomic mass is 10.1. The number of carbonyl (C=O) groups is 1. The lowest BCUT2D eigenvalue weighted by Gasteiger charge is -2.18. The lowest BCUT2D eigenvalue weighted by molar-refractivity contribution is 0.0792. The predicted molar refractivity (Wildman–Crippen MR) is 138 cm³/mol. The molecule has 0 radical (unpaired) electrons. The molecule has 1 saturated carbocycles. The highest BCUT2D eigenvalue weighted by molar-refractivity contribution is 7.17. The average Bonchev–Trinajstić information content (AvgIpc) is 3.24. The molecule has 1 fully saturated rings. The number of amides is 1. The van der Waals surface area contributed by atoms with E-state index in [0.717, 1.165) is 37.1 Å². The van der Waals surface area contributed by atoms with E-state index in [-0.39, 0.29) is 23.5 Å². The Bertz CT molecular complexity index is 1590. The Morgan fingerprint density at radius 1 is 1.39 bits per heavy atom. The van der Waals surface area contributed by atoms with Gasteiger partial charge in [-0.2, -0.15) is 9.61 Å². The molecule has 10 nitrogen and oxygen atoms in total. The fourth-order valence-corrected chi connectivity index (χ4v) is 4.78. The summed E-state index contributed by atoms with van der Waals surface area (Å²) >= 11 is 1.40. The van der Waals surface area contributed by atoms with Gasteiger partial charge >= 0.3 is 5.69 Å². The third-order valence-corrected chi connectivity index (χ3v) is 7.54. The summed E-state index contributed by atoms with van der Waals surface area (Å²) in [6.07, 6.45) is 7.39. The van der Waals surface area contributed by atoms with Gasteiger partial charge in [-0.1, -0.05) is 20.3 Å². The van der Waals surface area contributed by atoms with E-state index in [4.69, 9.17) is 9.98 Å². The van der Waals surface area contributed by atoms with Gasteiger partial charge in [-0.05, 0) is 43.4 Å². The first-order valence-corrected chi connectivity index (χ1v) is 12.9. The van der Waals surface area contributed by atoms with Gasteiger partial charge in [0.15, 0.2) is 11.1 Å². The monoisotopic (exact) mass is 507 g/mol. The van der Waals surface area contributed by atoms with E-state index in [1.54, 1.807) is 21.7 Å². The Labute approximate surface area is 211 Å². The Kier molecular flexibility index (Phi) is 6.48. The maximum absolute atomic E-state index is 13.0. The number of carbonyl (C=O) groups excluding carboxylic acids is 1. The molecule has 1 atom stereocenters. The lowest BCUT2D eigenvalue weighted by Crippen LogP contribution is -2.27. The predicted octanol–water partition coefficient (Wildman–Crippen LogP) is 2.30. The standard InChI is InChI=1S/C25H29N7O3S/c1-4-14(2)9-10-31(3)24(34)20-8-7-19(36-20)17-12-21(27-16-5-6-16)32-22(28-17)15(13-26-32)11-18-23(33)30-25(35)29-18/h7-8,11-14,16,33H,4-6,9-10H2,1-3H3,(H2,29,30,35). The second-order valence-electron chi connectivity index (χ2n) is 9.37. The van der Waals surface area contributed by atoms with Gasteiger partial charge in [-0.15, -0.1) is 11.3 Å². The minimum Gasteiger partial charge on any atom is -0.493 e. The third-order valence-electron chi connectivity index (χ3n) is 6.45. The molecule has 36 heavy (non-hydrogen) atoms. The Morgan fingerprint density at radius 3 is 2.89 bits per heavy atom. The van der Waals surface area contributed by atoms with Gasteiger partial charge in [0.25, 0.3) is 5.91 Å². The van der Waals surface area contributed by atoms with E-state index < -0.39 is 5.69 Å². The zero-order chi connectivity index (χ0) is 25.4. The van der Waals surface area contributed by atoms with Crippen molar-refractivity contribution >= 4 is 29.0 Å². The summed E-state index contributed by atoms with van der Waals surface area (Å²) in [7, 11) is 1.84. The van der Waals surface area contributed by atoms with E-state index in [1.165, 1.54) is 11.3 Å². The number of imidazole rings is 1. The van der Waals surface area contributed by atoms with Crippen LogP contribution in [0.2, 0.25) is 0 Å². The summed E-state index contributed by atoms with van der Waals surface area (Å²) in [6, 6.07) is 5.92. The van der Waals surface area contributed by atoms with E-state index in [0.29, 0.717) is 32.8 Å². The number of rotatable bonds is 8. The summed E-state index contributed by atoms with van der Waals surface area (Å²) in [4.78, 5) is 42.3. The van der Waals surface area contributed by atoms with Crippen LogP contribution < -0.4 is 16.4 Å². The van der Waals surface area contributed by atoms with Crippen LogP contribution in [0.25, 0.3) is 22.3 Å². The summed E-state index contributed by atoms with van der Waals surface area (Å²) in [5.41, 5.74) is 1.65. The Hall–Kier alpha value is -3.73.